The zero-order valence-electron chi connectivity index (χ0n) is 22.5. The molecule has 1 heterocycles. The second-order valence-electron chi connectivity index (χ2n) is 11.6. The van der Waals surface area contributed by atoms with Crippen molar-refractivity contribution >= 4 is 40.7 Å². The Bertz CT molecular complexity index is 1190. The van der Waals surface area contributed by atoms with Gasteiger partial charge in [-0.15, -0.1) is 0 Å². The predicted molar refractivity (Wildman–Crippen MR) is 151 cm³/mol. The lowest BCUT2D eigenvalue weighted by Gasteiger charge is -2.34. The van der Waals surface area contributed by atoms with Gasteiger partial charge in [0.05, 0.1) is 28.3 Å². The summed E-state index contributed by atoms with van der Waals surface area (Å²) < 4.78 is 5.82. The number of ether oxygens (including phenoxy) is 1. The molecule has 8 unspecified atom stereocenters. The molecule has 2 fully saturated rings. The average Bonchev–Trinajstić information content (AvgIpc) is 3.49. The molecule has 8 atom stereocenters. The van der Waals surface area contributed by atoms with Gasteiger partial charge in [0.25, 0.3) is 0 Å². The van der Waals surface area contributed by atoms with Crippen LogP contribution in [0, 0.1) is 35.5 Å². The number of esters is 1. The number of carbonyl (C=O) groups is 2. The minimum absolute atomic E-state index is 0.0379. The largest absolute Gasteiger partial charge is 0.462 e. The number of aliphatic hydroxyl groups is 1. The lowest BCUT2D eigenvalue weighted by molar-refractivity contribution is -0.151. The van der Waals surface area contributed by atoms with Gasteiger partial charge in [0, 0.05) is 11.8 Å². The number of nitrogens with zero attached hydrogens (tertiary/aromatic N) is 1. The number of carbonyl (C=O) groups excluding carboxylic acids is 2. The molecule has 6 nitrogen and oxygen atoms in total. The summed E-state index contributed by atoms with van der Waals surface area (Å²) in [5.41, 5.74) is 2.58. The molecule has 1 aromatic carbocycles. The Balaban J connectivity index is 1.33. The fourth-order valence-electron chi connectivity index (χ4n) is 6.84. The molecule has 3 aliphatic carbocycles. The number of hydrogen-bond acceptors (Lipinski definition) is 6. The number of Topliss-reactive ketones (excluding diaryl/α,β-unsaturated/α-hetero) is 1. The van der Waals surface area contributed by atoms with E-state index in [1.54, 1.807) is 12.1 Å². The minimum atomic E-state index is -0.699. The molecule has 1 saturated carbocycles. The van der Waals surface area contributed by atoms with Crippen LogP contribution in [0.25, 0.3) is 0 Å². The number of oxime groups is 1. The Labute approximate surface area is 240 Å². The normalized spacial score (nSPS) is 35.8. The third kappa shape index (κ3) is 6.13. The van der Waals surface area contributed by atoms with Crippen LogP contribution in [-0.4, -0.2) is 34.8 Å². The number of ketones is 1. The molecule has 1 aliphatic heterocycles. The summed E-state index contributed by atoms with van der Waals surface area (Å²) in [5.74, 6) is -0.209. The van der Waals surface area contributed by atoms with E-state index in [4.69, 9.17) is 32.8 Å². The Morgan fingerprint density at radius 2 is 1.90 bits per heavy atom. The monoisotopic (exact) mass is 573 g/mol. The number of cyclic esters (lactones) is 1. The van der Waals surface area contributed by atoms with Crippen LogP contribution in [0.4, 0.5) is 0 Å². The Morgan fingerprint density at radius 1 is 1.08 bits per heavy atom. The lowest BCUT2D eigenvalue weighted by Crippen LogP contribution is -2.33. The molecule has 4 aliphatic rings. The highest BCUT2D eigenvalue weighted by Crippen LogP contribution is 2.53. The summed E-state index contributed by atoms with van der Waals surface area (Å²) in [6.45, 7) is 4.14. The van der Waals surface area contributed by atoms with Gasteiger partial charge in [0.1, 0.15) is 12.7 Å². The Morgan fingerprint density at radius 3 is 2.67 bits per heavy atom. The molecule has 210 valence electrons. The van der Waals surface area contributed by atoms with Crippen molar-refractivity contribution in [1.29, 1.82) is 0 Å². The van der Waals surface area contributed by atoms with Crippen LogP contribution in [0.1, 0.15) is 64.4 Å². The summed E-state index contributed by atoms with van der Waals surface area (Å²) >= 11 is 12.1. The number of fused-ring (bicyclic) bond motifs is 5. The first kappa shape index (κ1) is 28.4. The zero-order chi connectivity index (χ0) is 27.7. The van der Waals surface area contributed by atoms with E-state index in [0.717, 1.165) is 37.0 Å². The van der Waals surface area contributed by atoms with E-state index >= 15 is 0 Å². The number of hydrogen-bond donors (Lipinski definition) is 1. The lowest BCUT2D eigenvalue weighted by atomic mass is 9.70. The third-order valence-corrected chi connectivity index (χ3v) is 9.84. The van der Waals surface area contributed by atoms with Gasteiger partial charge >= 0.3 is 5.97 Å². The van der Waals surface area contributed by atoms with Gasteiger partial charge in [-0.25, -0.2) is 0 Å². The molecular weight excluding hydrogens is 537 g/mol. The van der Waals surface area contributed by atoms with Crippen LogP contribution in [0.2, 0.25) is 10.0 Å². The summed E-state index contributed by atoms with van der Waals surface area (Å²) in [6.07, 6.45) is 10.2. The van der Waals surface area contributed by atoms with Gasteiger partial charge < -0.3 is 14.7 Å². The number of rotatable bonds is 4. The van der Waals surface area contributed by atoms with Gasteiger partial charge in [-0.05, 0) is 85.5 Å². The van der Waals surface area contributed by atoms with Crippen molar-refractivity contribution in [3.8, 4) is 0 Å². The summed E-state index contributed by atoms with van der Waals surface area (Å²) in [4.78, 5) is 32.3. The van der Waals surface area contributed by atoms with Crippen molar-refractivity contribution in [3.63, 3.8) is 0 Å². The van der Waals surface area contributed by atoms with E-state index in [1.165, 1.54) is 0 Å². The number of allylic oxidation sites excluding steroid dienone is 4. The second-order valence-corrected chi connectivity index (χ2v) is 12.4. The quantitative estimate of drug-likeness (QED) is 0.245. The maximum Gasteiger partial charge on any atom is 0.306 e. The zero-order valence-corrected chi connectivity index (χ0v) is 24.0. The molecule has 39 heavy (non-hydrogen) atoms. The summed E-state index contributed by atoms with van der Waals surface area (Å²) in [7, 11) is 0. The number of benzene rings is 1. The van der Waals surface area contributed by atoms with Crippen LogP contribution in [-0.2, 0) is 25.8 Å². The van der Waals surface area contributed by atoms with E-state index in [-0.39, 0.29) is 47.9 Å². The molecule has 1 N–H and O–H groups in total. The van der Waals surface area contributed by atoms with Crippen molar-refractivity contribution < 1.29 is 24.3 Å². The fourth-order valence-corrected chi connectivity index (χ4v) is 7.16. The maximum absolute atomic E-state index is 13.6. The smallest absolute Gasteiger partial charge is 0.306 e. The molecule has 0 amide bonds. The molecule has 0 radical (unpaired) electrons. The highest BCUT2D eigenvalue weighted by atomic mass is 35.5. The summed E-state index contributed by atoms with van der Waals surface area (Å²) in [6, 6.07) is 5.39. The van der Waals surface area contributed by atoms with Gasteiger partial charge in [0.2, 0.25) is 0 Å². The molecule has 0 bridgehead atoms. The number of aliphatic hydroxyl groups excluding tert-OH is 1. The predicted octanol–water partition coefficient (Wildman–Crippen LogP) is 6.71. The van der Waals surface area contributed by atoms with Crippen molar-refractivity contribution in [1.82, 2.24) is 0 Å². The fraction of sp³-hybridized carbons (Fsp3) is 0.581. The maximum atomic E-state index is 13.6. The van der Waals surface area contributed by atoms with E-state index in [2.05, 4.69) is 23.4 Å². The minimum Gasteiger partial charge on any atom is -0.462 e. The Hall–Kier alpha value is -2.15. The van der Waals surface area contributed by atoms with Crippen LogP contribution in [0.3, 0.4) is 0 Å². The van der Waals surface area contributed by atoms with Crippen LogP contribution >= 0.6 is 23.2 Å². The highest BCUT2D eigenvalue weighted by molar-refractivity contribution is 6.42. The van der Waals surface area contributed by atoms with E-state index in [1.807, 2.05) is 19.9 Å². The van der Waals surface area contributed by atoms with Crippen molar-refractivity contribution in [3.05, 3.63) is 57.6 Å². The number of halogens is 2. The van der Waals surface area contributed by atoms with Gasteiger partial charge in [0.15, 0.2) is 5.78 Å². The first-order valence-corrected chi connectivity index (χ1v) is 14.9. The van der Waals surface area contributed by atoms with Gasteiger partial charge in [-0.1, -0.05) is 66.5 Å². The highest BCUT2D eigenvalue weighted by Gasteiger charge is 2.49. The topological polar surface area (TPSA) is 85.2 Å². The van der Waals surface area contributed by atoms with E-state index in [9.17, 15) is 14.7 Å². The molecular formula is C31H37Cl2NO5. The van der Waals surface area contributed by atoms with Crippen molar-refractivity contribution in [2.24, 2.45) is 40.7 Å². The van der Waals surface area contributed by atoms with E-state index in [0.29, 0.717) is 41.0 Å². The molecule has 1 aromatic rings. The molecule has 8 heteroatoms. The van der Waals surface area contributed by atoms with Crippen LogP contribution in [0.5, 0.6) is 0 Å². The van der Waals surface area contributed by atoms with Crippen molar-refractivity contribution in [2.45, 2.75) is 77.6 Å². The molecule has 1 saturated heterocycles. The average molecular weight is 575 g/mol. The third-order valence-electron chi connectivity index (χ3n) is 9.10. The van der Waals surface area contributed by atoms with E-state index < -0.39 is 12.0 Å². The van der Waals surface area contributed by atoms with Crippen LogP contribution < -0.4 is 0 Å². The summed E-state index contributed by atoms with van der Waals surface area (Å²) in [5, 5.41) is 16.2. The van der Waals surface area contributed by atoms with Gasteiger partial charge in [-0.2, -0.15) is 0 Å². The van der Waals surface area contributed by atoms with Crippen LogP contribution in [0.15, 0.2) is 47.2 Å². The van der Waals surface area contributed by atoms with Crippen molar-refractivity contribution in [2.75, 3.05) is 0 Å². The molecule has 0 spiro atoms. The molecule has 5 rings (SSSR count). The molecule has 0 aromatic heterocycles. The first-order valence-electron chi connectivity index (χ1n) is 14.2. The SMILES string of the molecule is CCC1CCCC(O)C(C)C(=O)C2=CC3C(C=CC4C/C(=N\OCc5ccc(Cl)c(Cl)c5)CC43)C2CC(=O)O1. The standard InChI is InChI=1S/C31H37Cl2NO5/c1-3-21-5-4-6-29(35)17(2)31(37)26-14-24-22(25(26)15-30(36)39-21)9-8-19-12-20(13-23(19)24)34-38-16-18-7-10-27(32)28(33)11-18/h7-11,14,17,19,21-25,29,35H,3-6,12-13,15-16H2,1-2H3/b34-20+. The van der Waals surface area contributed by atoms with Gasteiger partial charge in [-0.3, -0.25) is 9.59 Å². The first-order chi connectivity index (χ1) is 18.7. The Kier molecular flexibility index (Phi) is 8.85. The second kappa shape index (κ2) is 12.2.